The van der Waals surface area contributed by atoms with Crippen molar-refractivity contribution in [1.29, 1.82) is 0 Å². The van der Waals surface area contributed by atoms with Crippen molar-refractivity contribution in [2.75, 3.05) is 6.54 Å². The van der Waals surface area contributed by atoms with Crippen LogP contribution in [0.25, 0.3) is 0 Å². The summed E-state index contributed by atoms with van der Waals surface area (Å²) in [5.41, 5.74) is -2.13. The molecule has 0 radical (unpaired) electrons. The number of halogens is 3. The summed E-state index contributed by atoms with van der Waals surface area (Å²) in [5.74, 6) is -1.28. The molecule has 80 valence electrons. The molecule has 0 atom stereocenters. The average molecular weight is 209 g/mol. The molecular weight excluding hydrogens is 199 g/mol. The molecule has 1 saturated carbocycles. The van der Waals surface area contributed by atoms with Crippen molar-refractivity contribution in [3.05, 3.63) is 12.2 Å². The van der Waals surface area contributed by atoms with Crippen molar-refractivity contribution < 1.29 is 23.1 Å². The number of rotatable bonds is 4. The van der Waals surface area contributed by atoms with E-state index in [0.29, 0.717) is 0 Å². The number of hydrogen-bond donors (Lipinski definition) is 2. The fourth-order valence-corrected chi connectivity index (χ4v) is 1.04. The number of carboxylic acid groups (broad SMARTS) is 1. The fraction of sp³-hybridized carbons (Fsp3) is 0.625. The van der Waals surface area contributed by atoms with Crippen molar-refractivity contribution in [1.82, 2.24) is 5.32 Å². The minimum atomic E-state index is -4.31. The Kier molecular flexibility index (Phi) is 2.58. The summed E-state index contributed by atoms with van der Waals surface area (Å²) < 4.78 is 36.9. The van der Waals surface area contributed by atoms with E-state index in [0.717, 1.165) is 0 Å². The Balaban J connectivity index is 2.47. The molecule has 14 heavy (non-hydrogen) atoms. The smallest absolute Gasteiger partial charge is 0.406 e. The molecule has 1 rings (SSSR count). The first-order valence-corrected chi connectivity index (χ1v) is 4.01. The number of carbonyl (C=O) groups is 1. The van der Waals surface area contributed by atoms with Gasteiger partial charge in [-0.2, -0.15) is 13.2 Å². The lowest BCUT2D eigenvalue weighted by atomic mass is 10.2. The van der Waals surface area contributed by atoms with E-state index in [9.17, 15) is 18.0 Å². The van der Waals surface area contributed by atoms with E-state index in [2.05, 4.69) is 11.9 Å². The van der Waals surface area contributed by atoms with Gasteiger partial charge in [-0.3, -0.25) is 5.32 Å². The van der Waals surface area contributed by atoms with Gasteiger partial charge in [0.1, 0.15) is 5.54 Å². The minimum Gasteiger partial charge on any atom is -0.478 e. The van der Waals surface area contributed by atoms with Gasteiger partial charge in [0.15, 0.2) is 0 Å². The third-order valence-electron chi connectivity index (χ3n) is 2.24. The van der Waals surface area contributed by atoms with Crippen LogP contribution in [0, 0.1) is 0 Å². The molecule has 0 heterocycles. The molecule has 0 saturated heterocycles. The van der Waals surface area contributed by atoms with Gasteiger partial charge in [-0.05, 0) is 12.8 Å². The Morgan fingerprint density at radius 1 is 1.50 bits per heavy atom. The number of nitrogens with one attached hydrogen (secondary N) is 1. The van der Waals surface area contributed by atoms with E-state index in [-0.39, 0.29) is 25.0 Å². The first-order chi connectivity index (χ1) is 6.28. The number of hydrogen-bond acceptors (Lipinski definition) is 2. The lowest BCUT2D eigenvalue weighted by Gasteiger charge is -2.20. The molecule has 1 fully saturated rings. The topological polar surface area (TPSA) is 49.3 Å². The molecule has 3 nitrogen and oxygen atoms in total. The van der Waals surface area contributed by atoms with Gasteiger partial charge in [-0.15, -0.1) is 0 Å². The molecular formula is C8H10F3NO2. The van der Waals surface area contributed by atoms with E-state index in [1.165, 1.54) is 0 Å². The van der Waals surface area contributed by atoms with Gasteiger partial charge in [0.05, 0.1) is 0 Å². The molecule has 0 unspecified atom stereocenters. The van der Waals surface area contributed by atoms with Gasteiger partial charge in [0.25, 0.3) is 0 Å². The zero-order chi connectivity index (χ0) is 11.0. The first-order valence-electron chi connectivity index (χ1n) is 4.01. The summed E-state index contributed by atoms with van der Waals surface area (Å²) >= 11 is 0. The van der Waals surface area contributed by atoms with Crippen LogP contribution in [0.1, 0.15) is 12.8 Å². The van der Waals surface area contributed by atoms with E-state index in [1.807, 2.05) is 0 Å². The highest BCUT2D eigenvalue weighted by atomic mass is 19.4. The third-order valence-corrected chi connectivity index (χ3v) is 2.24. The van der Waals surface area contributed by atoms with Crippen LogP contribution in [-0.4, -0.2) is 29.3 Å². The molecule has 0 bridgehead atoms. The van der Waals surface area contributed by atoms with E-state index in [4.69, 9.17) is 5.11 Å². The monoisotopic (exact) mass is 209 g/mol. The molecule has 1 aliphatic rings. The predicted molar refractivity (Wildman–Crippen MR) is 42.8 cm³/mol. The Labute approximate surface area is 78.6 Å². The average Bonchev–Trinajstić information content (AvgIpc) is 2.78. The van der Waals surface area contributed by atoms with Gasteiger partial charge in [-0.1, -0.05) is 6.58 Å². The quantitative estimate of drug-likeness (QED) is 0.686. The standard InChI is InChI=1S/C8H10F3NO2/c1-5(6(13)14)4-12-7(2-3-7)8(9,10)11/h12H,1-4H2,(H,13,14). The number of alkyl halides is 3. The van der Waals surface area contributed by atoms with Crippen molar-refractivity contribution >= 4 is 5.97 Å². The Morgan fingerprint density at radius 3 is 2.29 bits per heavy atom. The molecule has 2 N–H and O–H groups in total. The highest BCUT2D eigenvalue weighted by molar-refractivity contribution is 5.86. The Hall–Kier alpha value is -1.04. The van der Waals surface area contributed by atoms with Crippen LogP contribution in [0.3, 0.4) is 0 Å². The third kappa shape index (κ3) is 2.06. The summed E-state index contributed by atoms with van der Waals surface area (Å²) in [4.78, 5) is 10.3. The van der Waals surface area contributed by atoms with Gasteiger partial charge >= 0.3 is 12.1 Å². The molecule has 0 amide bonds. The van der Waals surface area contributed by atoms with Crippen molar-refractivity contribution in [3.63, 3.8) is 0 Å². The second-order valence-electron chi connectivity index (χ2n) is 3.34. The summed E-state index contributed by atoms with van der Waals surface area (Å²) in [6.07, 6.45) is -4.31. The van der Waals surface area contributed by atoms with Crippen molar-refractivity contribution in [3.8, 4) is 0 Å². The fourth-order valence-electron chi connectivity index (χ4n) is 1.04. The second kappa shape index (κ2) is 3.27. The Bertz CT molecular complexity index is 268. The van der Waals surface area contributed by atoms with Crippen LogP contribution in [0.4, 0.5) is 13.2 Å². The summed E-state index contributed by atoms with van der Waals surface area (Å²) in [5, 5.41) is 10.6. The van der Waals surface area contributed by atoms with Crippen LogP contribution in [0.5, 0.6) is 0 Å². The van der Waals surface area contributed by atoms with Gasteiger partial charge in [-0.25, -0.2) is 4.79 Å². The van der Waals surface area contributed by atoms with Crippen LogP contribution in [0.15, 0.2) is 12.2 Å². The molecule has 0 aromatic heterocycles. The van der Waals surface area contributed by atoms with Gasteiger partial charge in [0, 0.05) is 12.1 Å². The van der Waals surface area contributed by atoms with E-state index >= 15 is 0 Å². The maximum atomic E-state index is 12.3. The molecule has 6 heteroatoms. The molecule has 0 aliphatic heterocycles. The maximum absolute atomic E-state index is 12.3. The lowest BCUT2D eigenvalue weighted by Crippen LogP contribution is -2.46. The molecule has 1 aliphatic carbocycles. The SMILES string of the molecule is C=C(CNC1(C(F)(F)F)CC1)C(=O)O. The van der Waals surface area contributed by atoms with Crippen LogP contribution >= 0.6 is 0 Å². The van der Waals surface area contributed by atoms with Crippen LogP contribution in [0.2, 0.25) is 0 Å². The molecule has 0 aromatic rings. The van der Waals surface area contributed by atoms with Crippen molar-refractivity contribution in [2.45, 2.75) is 24.6 Å². The van der Waals surface area contributed by atoms with E-state index < -0.39 is 17.7 Å². The molecule has 0 aromatic carbocycles. The molecule has 0 spiro atoms. The van der Waals surface area contributed by atoms with Crippen LogP contribution < -0.4 is 5.32 Å². The maximum Gasteiger partial charge on any atom is 0.406 e. The zero-order valence-electron chi connectivity index (χ0n) is 7.32. The zero-order valence-corrected chi connectivity index (χ0v) is 7.32. The normalized spacial score (nSPS) is 19.1. The van der Waals surface area contributed by atoms with Crippen molar-refractivity contribution in [2.24, 2.45) is 0 Å². The number of aliphatic carboxylic acids is 1. The highest BCUT2D eigenvalue weighted by Crippen LogP contribution is 2.48. The number of carboxylic acids is 1. The summed E-state index contributed by atoms with van der Waals surface area (Å²) in [6, 6.07) is 0. The van der Waals surface area contributed by atoms with Gasteiger partial charge in [0.2, 0.25) is 0 Å². The Morgan fingerprint density at radius 2 is 2.00 bits per heavy atom. The lowest BCUT2D eigenvalue weighted by molar-refractivity contribution is -0.165. The van der Waals surface area contributed by atoms with Crippen LogP contribution in [-0.2, 0) is 4.79 Å². The summed E-state index contributed by atoms with van der Waals surface area (Å²) in [7, 11) is 0. The minimum absolute atomic E-state index is 0.00337. The second-order valence-corrected chi connectivity index (χ2v) is 3.34. The largest absolute Gasteiger partial charge is 0.478 e. The highest BCUT2D eigenvalue weighted by Gasteiger charge is 2.63. The van der Waals surface area contributed by atoms with Gasteiger partial charge < -0.3 is 5.11 Å². The summed E-state index contributed by atoms with van der Waals surface area (Å²) in [6.45, 7) is 2.80. The van der Waals surface area contributed by atoms with E-state index in [1.54, 1.807) is 0 Å². The predicted octanol–water partition coefficient (Wildman–Crippen LogP) is 1.31. The first kappa shape index (κ1) is 11.0.